The minimum atomic E-state index is -0.279. The summed E-state index contributed by atoms with van der Waals surface area (Å²) in [4.78, 5) is 10.7. The third-order valence-electron chi connectivity index (χ3n) is 3.16. The van der Waals surface area contributed by atoms with Gasteiger partial charge in [-0.2, -0.15) is 0 Å². The molecule has 0 aliphatic carbocycles. The van der Waals surface area contributed by atoms with Gasteiger partial charge < -0.3 is 5.32 Å². The molecule has 1 aromatic rings. The third-order valence-corrected chi connectivity index (χ3v) is 3.16. The van der Waals surface area contributed by atoms with Gasteiger partial charge in [-0.3, -0.25) is 10.1 Å². The van der Waals surface area contributed by atoms with Crippen LogP contribution in [0.15, 0.2) is 18.2 Å². The van der Waals surface area contributed by atoms with Gasteiger partial charge in [0.15, 0.2) is 0 Å². The molecule has 0 bridgehead atoms. The van der Waals surface area contributed by atoms with Gasteiger partial charge in [0, 0.05) is 17.7 Å². The molecule has 1 aromatic carbocycles. The molecule has 1 fully saturated rings. The summed E-state index contributed by atoms with van der Waals surface area (Å²) in [6, 6.07) is 5.44. The van der Waals surface area contributed by atoms with Gasteiger partial charge in [0.2, 0.25) is 0 Å². The fraction of sp³-hybridized carbons (Fsp3) is 0.500. The second-order valence-corrected chi connectivity index (χ2v) is 4.27. The Kier molecular flexibility index (Phi) is 3.19. The van der Waals surface area contributed by atoms with Gasteiger partial charge in [0.1, 0.15) is 0 Å². The molecule has 4 nitrogen and oxygen atoms in total. The summed E-state index contributed by atoms with van der Waals surface area (Å²) in [6.07, 6.45) is 3.30. The molecular formula is C12H16N2O2. The van der Waals surface area contributed by atoms with Crippen LogP contribution in [0.1, 0.15) is 36.4 Å². The molecule has 0 spiro atoms. The lowest BCUT2D eigenvalue weighted by Crippen LogP contribution is -2.27. The minimum absolute atomic E-state index is 0.148. The molecule has 16 heavy (non-hydrogen) atoms. The molecule has 0 amide bonds. The summed E-state index contributed by atoms with van der Waals surface area (Å²) < 4.78 is 0. The van der Waals surface area contributed by atoms with Crippen LogP contribution in [0, 0.1) is 17.0 Å². The minimum Gasteiger partial charge on any atom is -0.310 e. The number of rotatable bonds is 2. The number of hydrogen-bond acceptors (Lipinski definition) is 3. The highest BCUT2D eigenvalue weighted by molar-refractivity contribution is 5.47. The first-order chi connectivity index (χ1) is 7.70. The first-order valence-electron chi connectivity index (χ1n) is 5.67. The maximum Gasteiger partial charge on any atom is 0.274 e. The molecule has 2 rings (SSSR count). The molecule has 1 N–H and O–H groups in total. The Morgan fingerprint density at radius 1 is 1.44 bits per heavy atom. The SMILES string of the molecule is Cc1cccc([N+](=O)[O-])c1C1CCCCN1. The number of aryl methyl sites for hydroxylation is 1. The number of nitrogens with zero attached hydrogens (tertiary/aromatic N) is 1. The third kappa shape index (κ3) is 2.07. The van der Waals surface area contributed by atoms with E-state index in [0.29, 0.717) is 0 Å². The van der Waals surface area contributed by atoms with Crippen LogP contribution in [0.2, 0.25) is 0 Å². The van der Waals surface area contributed by atoms with Crippen molar-refractivity contribution in [2.45, 2.75) is 32.2 Å². The van der Waals surface area contributed by atoms with E-state index in [2.05, 4.69) is 5.32 Å². The van der Waals surface area contributed by atoms with Gasteiger partial charge in [0.25, 0.3) is 5.69 Å². The Balaban J connectivity index is 2.40. The zero-order valence-electron chi connectivity index (χ0n) is 9.40. The van der Waals surface area contributed by atoms with Crippen molar-refractivity contribution in [2.24, 2.45) is 0 Å². The first kappa shape index (κ1) is 11.1. The average molecular weight is 220 g/mol. The topological polar surface area (TPSA) is 55.2 Å². The van der Waals surface area contributed by atoms with Crippen molar-refractivity contribution in [3.8, 4) is 0 Å². The van der Waals surface area contributed by atoms with Crippen LogP contribution < -0.4 is 5.32 Å². The van der Waals surface area contributed by atoms with E-state index in [1.165, 1.54) is 0 Å². The zero-order chi connectivity index (χ0) is 11.5. The molecule has 4 heteroatoms. The highest BCUT2D eigenvalue weighted by atomic mass is 16.6. The van der Waals surface area contributed by atoms with Crippen molar-refractivity contribution in [3.05, 3.63) is 39.4 Å². The molecule has 1 atom stereocenters. The lowest BCUT2D eigenvalue weighted by molar-refractivity contribution is -0.385. The van der Waals surface area contributed by atoms with E-state index < -0.39 is 0 Å². The average Bonchev–Trinajstić information content (AvgIpc) is 2.29. The smallest absolute Gasteiger partial charge is 0.274 e. The molecule has 1 heterocycles. The van der Waals surface area contributed by atoms with Crippen molar-refractivity contribution in [1.82, 2.24) is 5.32 Å². The molecule has 0 saturated carbocycles. The van der Waals surface area contributed by atoms with Gasteiger partial charge >= 0.3 is 0 Å². The lowest BCUT2D eigenvalue weighted by Gasteiger charge is -2.24. The Bertz CT molecular complexity index is 398. The van der Waals surface area contributed by atoms with Gasteiger partial charge in [0.05, 0.1) is 4.92 Å². The fourth-order valence-electron chi connectivity index (χ4n) is 2.38. The Hall–Kier alpha value is -1.42. The maximum atomic E-state index is 11.0. The normalized spacial score (nSPS) is 20.7. The van der Waals surface area contributed by atoms with Crippen LogP contribution in [0.3, 0.4) is 0 Å². The fourth-order valence-corrected chi connectivity index (χ4v) is 2.38. The number of nitro groups is 1. The number of benzene rings is 1. The second kappa shape index (κ2) is 4.61. The van der Waals surface area contributed by atoms with Gasteiger partial charge in [-0.1, -0.05) is 18.6 Å². The molecule has 86 valence electrons. The molecular weight excluding hydrogens is 204 g/mol. The van der Waals surface area contributed by atoms with E-state index in [1.54, 1.807) is 12.1 Å². The van der Waals surface area contributed by atoms with E-state index in [-0.39, 0.29) is 16.7 Å². The monoisotopic (exact) mass is 220 g/mol. The molecule has 1 aliphatic rings. The van der Waals surface area contributed by atoms with E-state index in [0.717, 1.165) is 36.9 Å². The van der Waals surface area contributed by atoms with Crippen LogP contribution in [0.4, 0.5) is 5.69 Å². The maximum absolute atomic E-state index is 11.0. The number of nitro benzene ring substituents is 1. The Labute approximate surface area is 94.8 Å². The van der Waals surface area contributed by atoms with Gasteiger partial charge in [-0.15, -0.1) is 0 Å². The predicted molar refractivity (Wildman–Crippen MR) is 62.4 cm³/mol. The summed E-state index contributed by atoms with van der Waals surface area (Å²) in [7, 11) is 0. The first-order valence-corrected chi connectivity index (χ1v) is 5.67. The highest BCUT2D eigenvalue weighted by Gasteiger charge is 2.24. The number of nitrogens with one attached hydrogen (secondary N) is 1. The number of piperidine rings is 1. The summed E-state index contributed by atoms with van der Waals surface area (Å²) in [5, 5.41) is 14.4. The molecule has 1 saturated heterocycles. The van der Waals surface area contributed by atoms with Crippen molar-refractivity contribution >= 4 is 5.69 Å². The standard InChI is InChI=1S/C12H16N2O2/c1-9-5-4-7-11(14(15)16)12(9)10-6-2-3-8-13-10/h4-5,7,10,13H,2-3,6,8H2,1H3. The van der Waals surface area contributed by atoms with E-state index in [9.17, 15) is 10.1 Å². The largest absolute Gasteiger partial charge is 0.310 e. The predicted octanol–water partition coefficient (Wildman–Crippen LogP) is 2.72. The van der Waals surface area contributed by atoms with Crippen molar-refractivity contribution in [1.29, 1.82) is 0 Å². The van der Waals surface area contributed by atoms with Crippen molar-refractivity contribution in [3.63, 3.8) is 0 Å². The van der Waals surface area contributed by atoms with Crippen molar-refractivity contribution < 1.29 is 4.92 Å². The van der Waals surface area contributed by atoms with E-state index in [4.69, 9.17) is 0 Å². The van der Waals surface area contributed by atoms with Gasteiger partial charge in [-0.05, 0) is 31.9 Å². The highest BCUT2D eigenvalue weighted by Crippen LogP contribution is 2.32. The van der Waals surface area contributed by atoms with Crippen LogP contribution >= 0.6 is 0 Å². The lowest BCUT2D eigenvalue weighted by atomic mass is 9.93. The molecule has 0 radical (unpaired) electrons. The van der Waals surface area contributed by atoms with Crippen LogP contribution in [-0.2, 0) is 0 Å². The second-order valence-electron chi connectivity index (χ2n) is 4.27. The van der Waals surface area contributed by atoms with Crippen LogP contribution in [-0.4, -0.2) is 11.5 Å². The summed E-state index contributed by atoms with van der Waals surface area (Å²) in [6.45, 7) is 2.90. The summed E-state index contributed by atoms with van der Waals surface area (Å²) >= 11 is 0. The van der Waals surface area contributed by atoms with E-state index >= 15 is 0 Å². The van der Waals surface area contributed by atoms with Crippen LogP contribution in [0.25, 0.3) is 0 Å². The van der Waals surface area contributed by atoms with E-state index in [1.807, 2.05) is 13.0 Å². The summed E-state index contributed by atoms with van der Waals surface area (Å²) in [5.74, 6) is 0. The number of hydrogen-bond donors (Lipinski definition) is 1. The molecule has 1 unspecified atom stereocenters. The van der Waals surface area contributed by atoms with Crippen LogP contribution in [0.5, 0.6) is 0 Å². The van der Waals surface area contributed by atoms with Crippen molar-refractivity contribution in [2.75, 3.05) is 6.54 Å². The summed E-state index contributed by atoms with van der Waals surface area (Å²) in [5.41, 5.74) is 2.13. The quantitative estimate of drug-likeness (QED) is 0.616. The Morgan fingerprint density at radius 2 is 2.25 bits per heavy atom. The Morgan fingerprint density at radius 3 is 2.88 bits per heavy atom. The van der Waals surface area contributed by atoms with Gasteiger partial charge in [-0.25, -0.2) is 0 Å². The zero-order valence-corrected chi connectivity index (χ0v) is 9.40. The molecule has 1 aliphatic heterocycles. The molecule has 0 aromatic heterocycles.